The van der Waals surface area contributed by atoms with E-state index >= 15 is 0 Å². The molecule has 2 amide bonds. The van der Waals surface area contributed by atoms with E-state index in [0.29, 0.717) is 18.1 Å². The lowest BCUT2D eigenvalue weighted by molar-refractivity contribution is -0.120. The molecule has 0 bridgehead atoms. The Hall–Kier alpha value is -3.72. The van der Waals surface area contributed by atoms with E-state index in [0.717, 1.165) is 34.3 Å². The minimum Gasteiger partial charge on any atom is -0.445 e. The average molecular weight is 448 g/mol. The number of fused-ring (bicyclic) bond motifs is 1. The van der Waals surface area contributed by atoms with Crippen LogP contribution < -0.4 is 5.32 Å². The summed E-state index contributed by atoms with van der Waals surface area (Å²) in [6.45, 7) is 0.680. The molecule has 0 aliphatic carbocycles. The number of nitrogens with zero attached hydrogens (tertiary/aromatic N) is 3. The molecule has 1 aliphatic rings. The highest BCUT2D eigenvalue weighted by atomic mass is 32.1. The van der Waals surface area contributed by atoms with Crippen LogP contribution in [0.4, 0.5) is 9.93 Å². The van der Waals surface area contributed by atoms with E-state index in [4.69, 9.17) is 4.74 Å². The maximum Gasteiger partial charge on any atom is 0.410 e. The van der Waals surface area contributed by atoms with Crippen molar-refractivity contribution >= 4 is 39.5 Å². The summed E-state index contributed by atoms with van der Waals surface area (Å²) in [6.07, 6.45) is 2.53. The number of aromatic nitrogens is 3. The van der Waals surface area contributed by atoms with E-state index in [1.165, 1.54) is 16.2 Å². The maximum atomic E-state index is 12.9. The number of rotatable bonds is 5. The van der Waals surface area contributed by atoms with Gasteiger partial charge in [-0.2, -0.15) is 0 Å². The summed E-state index contributed by atoms with van der Waals surface area (Å²) in [6, 6.07) is 14.8. The van der Waals surface area contributed by atoms with Crippen molar-refractivity contribution in [2.24, 2.45) is 0 Å². The molecule has 5 rings (SSSR count). The first kappa shape index (κ1) is 20.2. The van der Waals surface area contributed by atoms with Crippen molar-refractivity contribution in [3.05, 3.63) is 65.8 Å². The lowest BCUT2D eigenvalue weighted by atomic mass is 10.1. The van der Waals surface area contributed by atoms with Gasteiger partial charge in [-0.25, -0.2) is 14.8 Å². The molecule has 9 heteroatoms. The molecule has 162 valence electrons. The molecule has 2 N–H and O–H groups in total. The molecule has 1 aliphatic heterocycles. The summed E-state index contributed by atoms with van der Waals surface area (Å²) < 4.78 is 5.42. The van der Waals surface area contributed by atoms with Gasteiger partial charge in [-0.15, -0.1) is 11.3 Å². The fraction of sp³-hybridized carbons (Fsp3) is 0.217. The SMILES string of the molecule is O=C(Nc1nc(-c2ccc3[nH]cnc3c2)cs1)[C@@H]1CCCN1C(=O)OCc1ccccc1. The van der Waals surface area contributed by atoms with Crippen molar-refractivity contribution < 1.29 is 14.3 Å². The number of imidazole rings is 1. The summed E-state index contributed by atoms with van der Waals surface area (Å²) in [4.78, 5) is 38.8. The summed E-state index contributed by atoms with van der Waals surface area (Å²) in [5.74, 6) is -0.247. The highest BCUT2D eigenvalue weighted by molar-refractivity contribution is 7.14. The Balaban J connectivity index is 1.22. The third-order valence-corrected chi connectivity index (χ3v) is 6.20. The molecule has 1 atom stereocenters. The number of carbonyl (C=O) groups excluding carboxylic acids is 2. The van der Waals surface area contributed by atoms with Crippen LogP contribution in [0, 0.1) is 0 Å². The molecule has 1 fully saturated rings. The molecule has 0 saturated carbocycles. The van der Waals surface area contributed by atoms with E-state index in [2.05, 4.69) is 20.3 Å². The highest BCUT2D eigenvalue weighted by Gasteiger charge is 2.35. The van der Waals surface area contributed by atoms with Gasteiger partial charge in [0.25, 0.3) is 0 Å². The van der Waals surface area contributed by atoms with Crippen molar-refractivity contribution in [2.75, 3.05) is 11.9 Å². The number of ether oxygens (including phenoxy) is 1. The Kier molecular flexibility index (Phi) is 5.55. The third kappa shape index (κ3) is 4.19. The van der Waals surface area contributed by atoms with Crippen LogP contribution in [0.25, 0.3) is 22.3 Å². The van der Waals surface area contributed by atoms with E-state index in [9.17, 15) is 9.59 Å². The van der Waals surface area contributed by atoms with Gasteiger partial charge in [0.2, 0.25) is 5.91 Å². The first-order chi connectivity index (χ1) is 15.7. The molecule has 1 saturated heterocycles. The van der Waals surface area contributed by atoms with Gasteiger partial charge in [0.15, 0.2) is 5.13 Å². The van der Waals surface area contributed by atoms with E-state index < -0.39 is 12.1 Å². The maximum absolute atomic E-state index is 12.9. The monoisotopic (exact) mass is 447 g/mol. The van der Waals surface area contributed by atoms with Crippen LogP contribution in [0.5, 0.6) is 0 Å². The number of thiazole rings is 1. The van der Waals surface area contributed by atoms with Crippen molar-refractivity contribution in [1.82, 2.24) is 19.9 Å². The molecular weight excluding hydrogens is 426 g/mol. The normalized spacial score (nSPS) is 15.8. The van der Waals surface area contributed by atoms with Crippen LogP contribution in [-0.4, -0.2) is 44.4 Å². The third-order valence-electron chi connectivity index (χ3n) is 5.45. The van der Waals surface area contributed by atoms with Crippen LogP contribution in [0.1, 0.15) is 18.4 Å². The molecule has 3 heterocycles. The second-order valence-electron chi connectivity index (χ2n) is 7.55. The first-order valence-corrected chi connectivity index (χ1v) is 11.2. The molecule has 4 aromatic rings. The fourth-order valence-electron chi connectivity index (χ4n) is 3.80. The van der Waals surface area contributed by atoms with Crippen molar-refractivity contribution in [2.45, 2.75) is 25.5 Å². The Morgan fingerprint density at radius 3 is 2.97 bits per heavy atom. The molecular formula is C23H21N5O3S. The molecule has 2 aromatic heterocycles. The zero-order chi connectivity index (χ0) is 21.9. The Labute approximate surface area is 188 Å². The minimum atomic E-state index is -0.564. The quantitative estimate of drug-likeness (QED) is 0.472. The van der Waals surface area contributed by atoms with Gasteiger partial charge in [-0.3, -0.25) is 9.69 Å². The van der Waals surface area contributed by atoms with Crippen LogP contribution in [0.15, 0.2) is 60.2 Å². The van der Waals surface area contributed by atoms with Gasteiger partial charge in [0.1, 0.15) is 12.6 Å². The van der Waals surface area contributed by atoms with Crippen LogP contribution in [0.2, 0.25) is 0 Å². The molecule has 2 aromatic carbocycles. The average Bonchev–Trinajstić information content (AvgIpc) is 3.58. The predicted molar refractivity (Wildman–Crippen MR) is 122 cm³/mol. The molecule has 0 unspecified atom stereocenters. The summed E-state index contributed by atoms with van der Waals surface area (Å²) >= 11 is 1.35. The van der Waals surface area contributed by atoms with Gasteiger partial charge < -0.3 is 15.0 Å². The smallest absolute Gasteiger partial charge is 0.410 e. The van der Waals surface area contributed by atoms with Crippen LogP contribution in [0.3, 0.4) is 0 Å². The van der Waals surface area contributed by atoms with Crippen LogP contribution >= 0.6 is 11.3 Å². The number of aromatic amines is 1. The van der Waals surface area contributed by atoms with Crippen molar-refractivity contribution in [3.63, 3.8) is 0 Å². The van der Waals surface area contributed by atoms with E-state index in [1.807, 2.05) is 53.9 Å². The van der Waals surface area contributed by atoms with Gasteiger partial charge in [-0.1, -0.05) is 36.4 Å². The Morgan fingerprint density at radius 2 is 2.09 bits per heavy atom. The van der Waals surface area contributed by atoms with Gasteiger partial charge in [0.05, 0.1) is 23.1 Å². The van der Waals surface area contributed by atoms with E-state index in [-0.39, 0.29) is 12.5 Å². The summed E-state index contributed by atoms with van der Waals surface area (Å²) in [5.41, 5.74) is 4.41. The zero-order valence-corrected chi connectivity index (χ0v) is 18.0. The lowest BCUT2D eigenvalue weighted by Crippen LogP contribution is -2.43. The fourth-order valence-corrected chi connectivity index (χ4v) is 4.53. The molecule has 32 heavy (non-hydrogen) atoms. The molecule has 0 radical (unpaired) electrons. The summed E-state index contributed by atoms with van der Waals surface area (Å²) in [5, 5.41) is 5.25. The highest BCUT2D eigenvalue weighted by Crippen LogP contribution is 2.28. The van der Waals surface area contributed by atoms with Crippen LogP contribution in [-0.2, 0) is 16.1 Å². The number of benzene rings is 2. The lowest BCUT2D eigenvalue weighted by Gasteiger charge is -2.22. The predicted octanol–water partition coefficient (Wildman–Crippen LogP) is 4.43. The van der Waals surface area contributed by atoms with Gasteiger partial charge in [-0.05, 0) is 30.5 Å². The second-order valence-corrected chi connectivity index (χ2v) is 8.41. The Morgan fingerprint density at radius 1 is 1.22 bits per heavy atom. The van der Waals surface area contributed by atoms with Gasteiger partial charge in [0, 0.05) is 17.5 Å². The van der Waals surface area contributed by atoms with Crippen molar-refractivity contribution in [3.8, 4) is 11.3 Å². The zero-order valence-electron chi connectivity index (χ0n) is 17.2. The number of anilines is 1. The molecule has 0 spiro atoms. The minimum absolute atomic E-state index is 0.181. The Bertz CT molecular complexity index is 1250. The number of nitrogens with one attached hydrogen (secondary N) is 2. The van der Waals surface area contributed by atoms with Gasteiger partial charge >= 0.3 is 6.09 Å². The number of hydrogen-bond donors (Lipinski definition) is 2. The number of carbonyl (C=O) groups is 2. The number of likely N-dealkylation sites (tertiary alicyclic amines) is 1. The second kappa shape index (κ2) is 8.80. The first-order valence-electron chi connectivity index (χ1n) is 10.3. The standard InChI is InChI=1S/C23H21N5O3S/c29-21(20-7-4-10-28(20)23(30)31-12-15-5-2-1-3-6-15)27-22-26-19(13-32-22)16-8-9-17-18(11-16)25-14-24-17/h1-3,5-6,8-9,11,13-14,20H,4,7,10,12H2,(H,24,25)(H,26,27,29)/t20-/m0/s1. The van der Waals surface area contributed by atoms with Crippen molar-refractivity contribution in [1.29, 1.82) is 0 Å². The largest absolute Gasteiger partial charge is 0.445 e. The number of amides is 2. The topological polar surface area (TPSA) is 100 Å². The van der Waals surface area contributed by atoms with E-state index in [1.54, 1.807) is 6.33 Å². The molecule has 8 nitrogen and oxygen atoms in total. The number of hydrogen-bond acceptors (Lipinski definition) is 6. The number of H-pyrrole nitrogens is 1. The summed E-state index contributed by atoms with van der Waals surface area (Å²) in [7, 11) is 0.